The summed E-state index contributed by atoms with van der Waals surface area (Å²) in [5.41, 5.74) is 0.517. The minimum Gasteiger partial charge on any atom is -0.376 e. The van der Waals surface area contributed by atoms with E-state index in [1.807, 2.05) is 0 Å². The molecule has 18 heavy (non-hydrogen) atoms. The number of carbonyl (C=O) groups excluding carboxylic acids is 1. The lowest BCUT2D eigenvalue weighted by Crippen LogP contribution is -2.25. The van der Waals surface area contributed by atoms with Gasteiger partial charge in [0.05, 0.1) is 17.7 Å². The van der Waals surface area contributed by atoms with Crippen LogP contribution in [0.5, 0.6) is 0 Å². The van der Waals surface area contributed by atoms with E-state index in [0.717, 1.165) is 19.4 Å². The number of benzene rings is 1. The maximum atomic E-state index is 11.9. The van der Waals surface area contributed by atoms with Gasteiger partial charge in [-0.2, -0.15) is 0 Å². The van der Waals surface area contributed by atoms with E-state index in [2.05, 4.69) is 0 Å². The van der Waals surface area contributed by atoms with Gasteiger partial charge >= 0.3 is 0 Å². The third kappa shape index (κ3) is 3.80. The third-order valence-electron chi connectivity index (χ3n) is 2.99. The first-order chi connectivity index (χ1) is 8.77. The molecule has 0 saturated carbocycles. The Kier molecular flexibility index (Phi) is 5.17. The van der Waals surface area contributed by atoms with Gasteiger partial charge in [0.2, 0.25) is 0 Å². The number of halogens is 1. The van der Waals surface area contributed by atoms with E-state index in [-0.39, 0.29) is 18.5 Å². The van der Waals surface area contributed by atoms with Crippen molar-refractivity contribution in [3.8, 4) is 0 Å². The molecule has 0 aromatic heterocycles. The third-order valence-corrected chi connectivity index (χ3v) is 3.31. The largest absolute Gasteiger partial charge is 0.376 e. The van der Waals surface area contributed by atoms with E-state index in [1.54, 1.807) is 24.3 Å². The fraction of sp³-hybridized carbons (Fsp3) is 0.500. The lowest BCUT2D eigenvalue weighted by Gasteiger charge is -2.22. The van der Waals surface area contributed by atoms with Crippen molar-refractivity contribution < 1.29 is 14.3 Å². The summed E-state index contributed by atoms with van der Waals surface area (Å²) < 4.78 is 10.9. The number of hydrogen-bond acceptors (Lipinski definition) is 3. The molecular formula is C14H17ClO3. The zero-order chi connectivity index (χ0) is 12.8. The first kappa shape index (κ1) is 13.5. The van der Waals surface area contributed by atoms with Crippen molar-refractivity contribution in [1.29, 1.82) is 0 Å². The van der Waals surface area contributed by atoms with Crippen molar-refractivity contribution in [2.75, 3.05) is 19.8 Å². The predicted octanol–water partition coefficient (Wildman–Crippen LogP) is 3.11. The van der Waals surface area contributed by atoms with E-state index < -0.39 is 0 Å². The predicted molar refractivity (Wildman–Crippen MR) is 70.2 cm³/mol. The Morgan fingerprint density at radius 1 is 1.39 bits per heavy atom. The highest BCUT2D eigenvalue weighted by Crippen LogP contribution is 2.16. The number of ketones is 1. The number of rotatable bonds is 5. The van der Waals surface area contributed by atoms with Crippen LogP contribution in [0.2, 0.25) is 5.02 Å². The average molecular weight is 269 g/mol. The molecule has 98 valence electrons. The van der Waals surface area contributed by atoms with Crippen LogP contribution in [0.25, 0.3) is 0 Å². The summed E-state index contributed by atoms with van der Waals surface area (Å²) in [4.78, 5) is 11.9. The van der Waals surface area contributed by atoms with Crippen LogP contribution in [0.15, 0.2) is 24.3 Å². The highest BCUT2D eigenvalue weighted by Gasteiger charge is 2.15. The molecule has 1 fully saturated rings. The van der Waals surface area contributed by atoms with Gasteiger partial charge in [0.15, 0.2) is 5.78 Å². The Balaban J connectivity index is 1.76. The summed E-state index contributed by atoms with van der Waals surface area (Å²) >= 11 is 5.95. The summed E-state index contributed by atoms with van der Waals surface area (Å²) in [5.74, 6) is -0.0867. The molecular weight excluding hydrogens is 252 g/mol. The molecule has 1 unspecified atom stereocenters. The van der Waals surface area contributed by atoms with E-state index in [9.17, 15) is 4.79 Å². The minimum atomic E-state index is -0.0867. The zero-order valence-corrected chi connectivity index (χ0v) is 11.0. The van der Waals surface area contributed by atoms with Crippen LogP contribution in [0.1, 0.15) is 29.6 Å². The van der Waals surface area contributed by atoms with Gasteiger partial charge in [0.1, 0.15) is 6.61 Å². The molecule has 3 nitrogen and oxygen atoms in total. The van der Waals surface area contributed by atoms with Gasteiger partial charge in [0.25, 0.3) is 0 Å². The Labute approximate surface area is 112 Å². The summed E-state index contributed by atoms with van der Waals surface area (Å²) in [6.07, 6.45) is 3.44. The quantitative estimate of drug-likeness (QED) is 0.770. The fourth-order valence-electron chi connectivity index (χ4n) is 1.99. The standard InChI is InChI=1S/C14H17ClO3/c15-13-7-2-1-6-12(13)14(16)10-17-9-11-5-3-4-8-18-11/h1-2,6-7,11H,3-5,8-10H2. The summed E-state index contributed by atoms with van der Waals surface area (Å²) in [7, 11) is 0. The molecule has 0 spiro atoms. The molecule has 1 aromatic carbocycles. The van der Waals surface area contributed by atoms with Crippen LogP contribution >= 0.6 is 11.6 Å². The topological polar surface area (TPSA) is 35.5 Å². The highest BCUT2D eigenvalue weighted by atomic mass is 35.5. The fourth-order valence-corrected chi connectivity index (χ4v) is 2.23. The van der Waals surface area contributed by atoms with Crippen LogP contribution in [0, 0.1) is 0 Å². The van der Waals surface area contributed by atoms with E-state index in [1.165, 1.54) is 6.42 Å². The SMILES string of the molecule is O=C(COCC1CCCCO1)c1ccccc1Cl. The Bertz CT molecular complexity index is 400. The van der Waals surface area contributed by atoms with Gasteiger partial charge in [-0.25, -0.2) is 0 Å². The van der Waals surface area contributed by atoms with Crippen molar-refractivity contribution in [1.82, 2.24) is 0 Å². The summed E-state index contributed by atoms with van der Waals surface area (Å²) in [6, 6.07) is 7.02. The van der Waals surface area contributed by atoms with Crippen LogP contribution in [-0.2, 0) is 9.47 Å². The first-order valence-electron chi connectivity index (χ1n) is 6.24. The van der Waals surface area contributed by atoms with Crippen molar-refractivity contribution in [2.24, 2.45) is 0 Å². The Morgan fingerprint density at radius 3 is 2.94 bits per heavy atom. The highest BCUT2D eigenvalue weighted by molar-refractivity contribution is 6.34. The number of carbonyl (C=O) groups is 1. The van der Waals surface area contributed by atoms with Crippen molar-refractivity contribution in [3.63, 3.8) is 0 Å². The minimum absolute atomic E-state index is 0.0591. The lowest BCUT2D eigenvalue weighted by molar-refractivity contribution is -0.0370. The van der Waals surface area contributed by atoms with E-state index in [0.29, 0.717) is 17.2 Å². The monoisotopic (exact) mass is 268 g/mol. The molecule has 4 heteroatoms. The molecule has 0 amide bonds. The first-order valence-corrected chi connectivity index (χ1v) is 6.62. The molecule has 0 N–H and O–H groups in total. The Morgan fingerprint density at radius 2 is 2.22 bits per heavy atom. The van der Waals surface area contributed by atoms with Gasteiger partial charge in [0, 0.05) is 12.2 Å². The lowest BCUT2D eigenvalue weighted by atomic mass is 10.1. The molecule has 0 bridgehead atoms. The smallest absolute Gasteiger partial charge is 0.189 e. The van der Waals surface area contributed by atoms with Gasteiger partial charge in [-0.1, -0.05) is 23.7 Å². The van der Waals surface area contributed by atoms with Gasteiger partial charge in [-0.3, -0.25) is 4.79 Å². The van der Waals surface area contributed by atoms with E-state index >= 15 is 0 Å². The molecule has 1 saturated heterocycles. The molecule has 1 aliphatic heterocycles. The average Bonchev–Trinajstić information content (AvgIpc) is 2.40. The summed E-state index contributed by atoms with van der Waals surface area (Å²) in [5, 5.41) is 0.472. The molecule has 1 atom stereocenters. The van der Waals surface area contributed by atoms with Crippen molar-refractivity contribution in [2.45, 2.75) is 25.4 Å². The van der Waals surface area contributed by atoms with Crippen molar-refractivity contribution >= 4 is 17.4 Å². The number of hydrogen-bond donors (Lipinski definition) is 0. The number of Topliss-reactive ketones (excluding diaryl/α,β-unsaturated/α-hetero) is 1. The van der Waals surface area contributed by atoms with E-state index in [4.69, 9.17) is 21.1 Å². The van der Waals surface area contributed by atoms with Gasteiger partial charge < -0.3 is 9.47 Å². The molecule has 1 heterocycles. The summed E-state index contributed by atoms with van der Waals surface area (Å²) in [6.45, 7) is 1.34. The van der Waals surface area contributed by atoms with Gasteiger partial charge in [-0.15, -0.1) is 0 Å². The molecule has 1 aliphatic rings. The number of ether oxygens (including phenoxy) is 2. The maximum Gasteiger partial charge on any atom is 0.189 e. The normalized spacial score (nSPS) is 19.7. The van der Waals surface area contributed by atoms with Crippen LogP contribution in [0.4, 0.5) is 0 Å². The molecule has 0 aliphatic carbocycles. The van der Waals surface area contributed by atoms with Crippen LogP contribution in [-0.4, -0.2) is 31.7 Å². The second-order valence-electron chi connectivity index (χ2n) is 4.41. The second kappa shape index (κ2) is 6.88. The molecule has 2 rings (SSSR count). The van der Waals surface area contributed by atoms with Gasteiger partial charge in [-0.05, 0) is 31.4 Å². The van der Waals surface area contributed by atoms with Crippen molar-refractivity contribution in [3.05, 3.63) is 34.9 Å². The molecule has 0 radical (unpaired) electrons. The second-order valence-corrected chi connectivity index (χ2v) is 4.81. The zero-order valence-electron chi connectivity index (χ0n) is 10.2. The van der Waals surface area contributed by atoms with Crippen LogP contribution < -0.4 is 0 Å². The maximum absolute atomic E-state index is 11.9. The van der Waals surface area contributed by atoms with Crippen LogP contribution in [0.3, 0.4) is 0 Å². The molecule has 1 aromatic rings. The Hall–Kier alpha value is -0.900.